The van der Waals surface area contributed by atoms with Crippen molar-refractivity contribution in [3.8, 4) is 11.3 Å². The molecule has 1 N–H and O–H groups in total. The third-order valence-electron chi connectivity index (χ3n) is 4.97. The SMILES string of the molecule is Cc1ccc(-c2nc3ccccc3c3c2C(c2ccc(Cl)cc2)ON3)cc1. The Bertz CT molecular complexity index is 1140. The molecule has 4 aromatic rings. The number of rotatable bonds is 2. The van der Waals surface area contributed by atoms with E-state index in [-0.39, 0.29) is 6.10 Å². The summed E-state index contributed by atoms with van der Waals surface area (Å²) in [6, 6.07) is 24.4. The lowest BCUT2D eigenvalue weighted by molar-refractivity contribution is 0.155. The van der Waals surface area contributed by atoms with Crippen LogP contribution in [0.25, 0.3) is 22.2 Å². The van der Waals surface area contributed by atoms with Crippen LogP contribution in [0.3, 0.4) is 0 Å². The maximum Gasteiger partial charge on any atom is 0.140 e. The molecule has 0 radical (unpaired) electrons. The largest absolute Gasteiger partial charge is 0.265 e. The molecular formula is C23H17ClN2O. The molecule has 0 fully saturated rings. The molecule has 0 bridgehead atoms. The number of anilines is 1. The first kappa shape index (κ1) is 16.3. The van der Waals surface area contributed by atoms with Gasteiger partial charge >= 0.3 is 0 Å². The molecular weight excluding hydrogens is 356 g/mol. The van der Waals surface area contributed by atoms with E-state index in [1.807, 2.05) is 42.5 Å². The van der Waals surface area contributed by atoms with Crippen LogP contribution in [0.15, 0.2) is 72.8 Å². The zero-order valence-electron chi connectivity index (χ0n) is 14.7. The van der Waals surface area contributed by atoms with Crippen molar-refractivity contribution >= 4 is 28.2 Å². The molecule has 3 aromatic carbocycles. The summed E-state index contributed by atoms with van der Waals surface area (Å²) in [4.78, 5) is 11.0. The number of fused-ring (bicyclic) bond motifs is 3. The Balaban J connectivity index is 1.78. The molecule has 2 heterocycles. The highest BCUT2D eigenvalue weighted by molar-refractivity contribution is 6.30. The van der Waals surface area contributed by atoms with Crippen LogP contribution < -0.4 is 5.48 Å². The highest BCUT2D eigenvalue weighted by Gasteiger charge is 2.31. The lowest BCUT2D eigenvalue weighted by Crippen LogP contribution is -2.02. The van der Waals surface area contributed by atoms with E-state index in [4.69, 9.17) is 21.4 Å². The molecule has 1 unspecified atom stereocenters. The second kappa shape index (κ2) is 6.38. The van der Waals surface area contributed by atoms with Crippen LogP contribution in [0.1, 0.15) is 22.8 Å². The number of pyridine rings is 1. The average molecular weight is 373 g/mol. The summed E-state index contributed by atoms with van der Waals surface area (Å²) in [6.07, 6.45) is -0.245. The Hall–Kier alpha value is -2.88. The zero-order valence-corrected chi connectivity index (χ0v) is 15.5. The molecule has 1 aliphatic heterocycles. The molecule has 0 spiro atoms. The number of nitrogens with zero attached hydrogens (tertiary/aromatic N) is 1. The predicted molar refractivity (Wildman–Crippen MR) is 110 cm³/mol. The molecule has 5 rings (SSSR count). The first-order chi connectivity index (χ1) is 13.2. The summed E-state index contributed by atoms with van der Waals surface area (Å²) in [7, 11) is 0. The van der Waals surface area contributed by atoms with Crippen molar-refractivity contribution < 1.29 is 4.84 Å². The minimum absolute atomic E-state index is 0.245. The summed E-state index contributed by atoms with van der Waals surface area (Å²) >= 11 is 6.07. The minimum atomic E-state index is -0.245. The fourth-order valence-corrected chi connectivity index (χ4v) is 3.70. The Morgan fingerprint density at radius 2 is 1.67 bits per heavy atom. The molecule has 0 amide bonds. The van der Waals surface area contributed by atoms with E-state index < -0.39 is 0 Å². The summed E-state index contributed by atoms with van der Waals surface area (Å²) in [5.74, 6) is 0. The number of halogens is 1. The maximum atomic E-state index is 6.07. The van der Waals surface area contributed by atoms with Crippen molar-refractivity contribution in [2.75, 3.05) is 5.48 Å². The van der Waals surface area contributed by atoms with Gasteiger partial charge in [-0.3, -0.25) is 10.3 Å². The number of hydrogen-bond donors (Lipinski definition) is 1. The average Bonchev–Trinajstić information content (AvgIpc) is 3.14. The quantitative estimate of drug-likeness (QED) is 0.447. The monoisotopic (exact) mass is 372 g/mol. The molecule has 1 aromatic heterocycles. The molecule has 0 aliphatic carbocycles. The Kier molecular flexibility index (Phi) is 3.85. The van der Waals surface area contributed by atoms with Crippen molar-refractivity contribution in [1.82, 2.24) is 4.98 Å². The van der Waals surface area contributed by atoms with Gasteiger partial charge in [0.05, 0.1) is 16.9 Å². The molecule has 0 saturated carbocycles. The van der Waals surface area contributed by atoms with E-state index in [2.05, 4.69) is 42.7 Å². The first-order valence-electron chi connectivity index (χ1n) is 8.87. The topological polar surface area (TPSA) is 34.1 Å². The van der Waals surface area contributed by atoms with E-state index in [1.165, 1.54) is 5.56 Å². The predicted octanol–water partition coefficient (Wildman–Crippen LogP) is 6.31. The summed E-state index contributed by atoms with van der Waals surface area (Å²) in [5.41, 5.74) is 10.4. The van der Waals surface area contributed by atoms with Gasteiger partial charge in [0.2, 0.25) is 0 Å². The smallest absolute Gasteiger partial charge is 0.140 e. The van der Waals surface area contributed by atoms with Gasteiger partial charge < -0.3 is 0 Å². The van der Waals surface area contributed by atoms with E-state index in [0.717, 1.165) is 39.0 Å². The van der Waals surface area contributed by atoms with Crippen molar-refractivity contribution in [1.29, 1.82) is 0 Å². The number of hydrogen-bond acceptors (Lipinski definition) is 3. The second-order valence-corrected chi connectivity index (χ2v) is 7.22. The molecule has 4 heteroatoms. The molecule has 1 aliphatic rings. The van der Waals surface area contributed by atoms with Crippen molar-refractivity contribution in [2.24, 2.45) is 0 Å². The van der Waals surface area contributed by atoms with Crippen LogP contribution in [0, 0.1) is 6.92 Å². The van der Waals surface area contributed by atoms with Crippen molar-refractivity contribution in [2.45, 2.75) is 13.0 Å². The van der Waals surface area contributed by atoms with Crippen LogP contribution >= 0.6 is 11.6 Å². The summed E-state index contributed by atoms with van der Waals surface area (Å²) in [5, 5.41) is 1.76. The number of nitrogens with one attached hydrogen (secondary N) is 1. The van der Waals surface area contributed by atoms with Crippen LogP contribution in [0.4, 0.5) is 5.69 Å². The van der Waals surface area contributed by atoms with Crippen LogP contribution in [0.5, 0.6) is 0 Å². The van der Waals surface area contributed by atoms with Gasteiger partial charge in [-0.05, 0) is 30.7 Å². The van der Waals surface area contributed by atoms with Crippen molar-refractivity contribution in [3.05, 3.63) is 94.5 Å². The summed E-state index contributed by atoms with van der Waals surface area (Å²) < 4.78 is 0. The number of aromatic nitrogens is 1. The second-order valence-electron chi connectivity index (χ2n) is 6.78. The molecule has 1 atom stereocenters. The van der Waals surface area contributed by atoms with E-state index in [1.54, 1.807) is 0 Å². The highest BCUT2D eigenvalue weighted by Crippen LogP contribution is 2.45. The van der Waals surface area contributed by atoms with E-state index in [9.17, 15) is 0 Å². The van der Waals surface area contributed by atoms with Crippen LogP contribution in [-0.4, -0.2) is 4.98 Å². The van der Waals surface area contributed by atoms with Gasteiger partial charge in [-0.25, -0.2) is 4.98 Å². The number of benzene rings is 3. The van der Waals surface area contributed by atoms with Crippen molar-refractivity contribution in [3.63, 3.8) is 0 Å². The molecule has 3 nitrogen and oxygen atoms in total. The Morgan fingerprint density at radius 3 is 2.44 bits per heavy atom. The van der Waals surface area contributed by atoms with Gasteiger partial charge in [0.1, 0.15) is 6.10 Å². The van der Waals surface area contributed by atoms with Gasteiger partial charge in [-0.2, -0.15) is 0 Å². The summed E-state index contributed by atoms with van der Waals surface area (Å²) in [6.45, 7) is 2.09. The molecule has 0 saturated heterocycles. The van der Waals surface area contributed by atoms with Gasteiger partial charge in [0.25, 0.3) is 0 Å². The first-order valence-corrected chi connectivity index (χ1v) is 9.25. The van der Waals surface area contributed by atoms with Gasteiger partial charge in [0, 0.05) is 21.5 Å². The van der Waals surface area contributed by atoms with Crippen LogP contribution in [-0.2, 0) is 4.84 Å². The maximum absolute atomic E-state index is 6.07. The van der Waals surface area contributed by atoms with Gasteiger partial charge in [0.15, 0.2) is 0 Å². The number of aryl methyl sites for hydroxylation is 1. The third-order valence-corrected chi connectivity index (χ3v) is 5.22. The lowest BCUT2D eigenvalue weighted by Gasteiger charge is -2.15. The third kappa shape index (κ3) is 2.76. The normalized spacial score (nSPS) is 15.6. The van der Waals surface area contributed by atoms with Gasteiger partial charge in [-0.15, -0.1) is 0 Å². The zero-order chi connectivity index (χ0) is 18.4. The van der Waals surface area contributed by atoms with Gasteiger partial charge in [-0.1, -0.05) is 71.8 Å². The fourth-order valence-electron chi connectivity index (χ4n) is 3.57. The van der Waals surface area contributed by atoms with E-state index >= 15 is 0 Å². The van der Waals surface area contributed by atoms with E-state index in [0.29, 0.717) is 5.02 Å². The minimum Gasteiger partial charge on any atom is -0.265 e. The Morgan fingerprint density at radius 1 is 0.926 bits per heavy atom. The molecule has 132 valence electrons. The van der Waals surface area contributed by atoms with Crippen LogP contribution in [0.2, 0.25) is 5.02 Å². The standard InChI is InChI=1S/C23H17ClN2O/c1-14-6-8-15(9-7-14)21-20-22(18-4-2-3-5-19(18)25-21)26-27-23(20)16-10-12-17(24)13-11-16/h2-13,23,26H,1H3. The lowest BCUT2D eigenvalue weighted by atomic mass is 9.94. The fraction of sp³-hybridized carbons (Fsp3) is 0.0870. The highest BCUT2D eigenvalue weighted by atomic mass is 35.5. The molecule has 27 heavy (non-hydrogen) atoms. The Labute approximate surface area is 162 Å². The number of para-hydroxylation sites is 1.